The number of halogens is 3. The number of ether oxygens (including phenoxy) is 2. The van der Waals surface area contributed by atoms with Gasteiger partial charge in [0.1, 0.15) is 5.60 Å². The Bertz CT molecular complexity index is 515. The lowest BCUT2D eigenvalue weighted by molar-refractivity contribution is -0.160. The number of alkyl halides is 3. The normalized spacial score (nSPS) is 29.8. The van der Waals surface area contributed by atoms with Crippen LogP contribution in [0.15, 0.2) is 12.1 Å². The summed E-state index contributed by atoms with van der Waals surface area (Å²) >= 11 is 0. The minimum absolute atomic E-state index is 0.0421. The van der Waals surface area contributed by atoms with Crippen molar-refractivity contribution in [1.82, 2.24) is 10.2 Å². The predicted molar refractivity (Wildman–Crippen MR) is 72.6 cm³/mol. The first-order valence-corrected chi connectivity index (χ1v) is 7.29. The third-order valence-corrected chi connectivity index (χ3v) is 3.96. The molecule has 3 heterocycles. The fraction of sp³-hybridized carbons (Fsp3) is 0.714. The van der Waals surface area contributed by atoms with Crippen LogP contribution in [0.25, 0.3) is 0 Å². The molecule has 0 aromatic carbocycles. The highest BCUT2D eigenvalue weighted by molar-refractivity contribution is 5.39. The van der Waals surface area contributed by atoms with Gasteiger partial charge in [-0.25, -0.2) is 0 Å². The molecule has 1 spiro atoms. The number of morpholine rings is 1. The Morgan fingerprint density at radius 3 is 2.73 bits per heavy atom. The van der Waals surface area contributed by atoms with Gasteiger partial charge in [0.05, 0.1) is 19.3 Å². The lowest BCUT2D eigenvalue weighted by Gasteiger charge is -2.47. The maximum absolute atomic E-state index is 12.6. The van der Waals surface area contributed by atoms with E-state index in [9.17, 15) is 13.2 Å². The molecule has 0 saturated carbocycles. The van der Waals surface area contributed by atoms with Crippen molar-refractivity contribution in [3.05, 3.63) is 17.8 Å². The zero-order chi connectivity index (χ0) is 15.8. The Kier molecular flexibility index (Phi) is 3.98. The summed E-state index contributed by atoms with van der Waals surface area (Å²) in [5.41, 5.74) is -1.38. The topological polar surface area (TPSA) is 47.5 Å². The van der Waals surface area contributed by atoms with Crippen molar-refractivity contribution >= 4 is 5.82 Å². The molecule has 0 amide bonds. The zero-order valence-corrected chi connectivity index (χ0v) is 12.3. The van der Waals surface area contributed by atoms with Crippen LogP contribution in [-0.4, -0.2) is 48.2 Å². The Hall–Kier alpha value is -1.41. The van der Waals surface area contributed by atoms with Crippen molar-refractivity contribution in [2.45, 2.75) is 37.6 Å². The molecule has 1 aromatic rings. The number of rotatable bonds is 1. The van der Waals surface area contributed by atoms with Crippen molar-refractivity contribution in [3.63, 3.8) is 0 Å². The van der Waals surface area contributed by atoms with Gasteiger partial charge < -0.3 is 14.4 Å². The van der Waals surface area contributed by atoms with Crippen molar-refractivity contribution in [3.8, 4) is 0 Å². The minimum atomic E-state index is -4.47. The summed E-state index contributed by atoms with van der Waals surface area (Å²) in [5.74, 6) is 0.438. The van der Waals surface area contributed by atoms with Gasteiger partial charge in [0, 0.05) is 13.2 Å². The fourth-order valence-electron chi connectivity index (χ4n) is 3.09. The second-order valence-corrected chi connectivity index (χ2v) is 5.92. The van der Waals surface area contributed by atoms with Crippen LogP contribution in [0, 0.1) is 0 Å². The lowest BCUT2D eigenvalue weighted by Crippen LogP contribution is -2.58. The number of aromatic nitrogens is 2. The van der Waals surface area contributed by atoms with Crippen LogP contribution in [0.2, 0.25) is 0 Å². The van der Waals surface area contributed by atoms with E-state index >= 15 is 0 Å². The molecule has 0 aliphatic carbocycles. The van der Waals surface area contributed by atoms with Crippen LogP contribution in [0.3, 0.4) is 0 Å². The van der Waals surface area contributed by atoms with Crippen LogP contribution in [0.4, 0.5) is 19.0 Å². The molecule has 2 unspecified atom stereocenters. The third-order valence-electron chi connectivity index (χ3n) is 3.96. The van der Waals surface area contributed by atoms with E-state index in [0.29, 0.717) is 25.5 Å². The smallest absolute Gasteiger partial charge is 0.378 e. The SMILES string of the molecule is CC1CN(c2ccc(C(F)(F)F)nn2)CC2(CCCOC2)O1. The summed E-state index contributed by atoms with van der Waals surface area (Å²) in [7, 11) is 0. The van der Waals surface area contributed by atoms with Crippen molar-refractivity contribution in [2.75, 3.05) is 31.2 Å². The number of anilines is 1. The van der Waals surface area contributed by atoms with Crippen LogP contribution >= 0.6 is 0 Å². The molecular weight excluding hydrogens is 299 g/mol. The van der Waals surface area contributed by atoms with Gasteiger partial charge in [-0.3, -0.25) is 0 Å². The van der Waals surface area contributed by atoms with Gasteiger partial charge in [-0.1, -0.05) is 0 Å². The average molecular weight is 317 g/mol. The van der Waals surface area contributed by atoms with Crippen LogP contribution < -0.4 is 4.90 Å². The molecular formula is C14H18F3N3O2. The summed E-state index contributed by atoms with van der Waals surface area (Å²) in [6, 6.07) is 2.33. The zero-order valence-electron chi connectivity index (χ0n) is 12.3. The van der Waals surface area contributed by atoms with Gasteiger partial charge in [0.2, 0.25) is 0 Å². The van der Waals surface area contributed by atoms with Gasteiger partial charge in [-0.2, -0.15) is 13.2 Å². The van der Waals surface area contributed by atoms with E-state index in [1.165, 1.54) is 6.07 Å². The highest BCUT2D eigenvalue weighted by Gasteiger charge is 2.42. The second-order valence-electron chi connectivity index (χ2n) is 5.92. The monoisotopic (exact) mass is 317 g/mol. The molecule has 2 aliphatic rings. The van der Waals surface area contributed by atoms with E-state index in [1.54, 1.807) is 0 Å². The summed E-state index contributed by atoms with van der Waals surface area (Å²) < 4.78 is 49.2. The Morgan fingerprint density at radius 2 is 2.14 bits per heavy atom. The van der Waals surface area contributed by atoms with Gasteiger partial charge in [-0.05, 0) is 31.9 Å². The van der Waals surface area contributed by atoms with Crippen molar-refractivity contribution in [2.24, 2.45) is 0 Å². The van der Waals surface area contributed by atoms with Gasteiger partial charge >= 0.3 is 6.18 Å². The van der Waals surface area contributed by atoms with E-state index in [-0.39, 0.29) is 6.10 Å². The number of hydrogen-bond acceptors (Lipinski definition) is 5. The van der Waals surface area contributed by atoms with Crippen LogP contribution in [0.1, 0.15) is 25.5 Å². The Balaban J connectivity index is 1.78. The third kappa shape index (κ3) is 3.17. The van der Waals surface area contributed by atoms with Gasteiger partial charge in [-0.15, -0.1) is 10.2 Å². The molecule has 0 bridgehead atoms. The van der Waals surface area contributed by atoms with Crippen molar-refractivity contribution in [1.29, 1.82) is 0 Å². The van der Waals surface area contributed by atoms with E-state index in [2.05, 4.69) is 10.2 Å². The molecule has 8 heteroatoms. The molecule has 0 radical (unpaired) electrons. The number of hydrogen-bond donors (Lipinski definition) is 0. The Labute approximate surface area is 126 Å². The molecule has 2 fully saturated rings. The van der Waals surface area contributed by atoms with Crippen LogP contribution in [0.5, 0.6) is 0 Å². The molecule has 2 atom stereocenters. The molecule has 2 saturated heterocycles. The van der Waals surface area contributed by atoms with E-state index in [4.69, 9.17) is 9.47 Å². The first kappa shape index (κ1) is 15.5. The number of nitrogens with zero attached hydrogens (tertiary/aromatic N) is 3. The highest BCUT2D eigenvalue weighted by atomic mass is 19.4. The first-order valence-electron chi connectivity index (χ1n) is 7.29. The first-order chi connectivity index (χ1) is 10.4. The second kappa shape index (κ2) is 5.66. The van der Waals surface area contributed by atoms with Crippen LogP contribution in [-0.2, 0) is 15.7 Å². The van der Waals surface area contributed by atoms with Gasteiger partial charge in [0.25, 0.3) is 0 Å². The van der Waals surface area contributed by atoms with Gasteiger partial charge in [0.15, 0.2) is 11.5 Å². The lowest BCUT2D eigenvalue weighted by atomic mass is 9.93. The molecule has 2 aliphatic heterocycles. The van der Waals surface area contributed by atoms with E-state index in [0.717, 1.165) is 25.5 Å². The van der Waals surface area contributed by atoms with E-state index in [1.807, 2.05) is 11.8 Å². The molecule has 5 nitrogen and oxygen atoms in total. The molecule has 3 rings (SSSR count). The molecule has 1 aromatic heterocycles. The Morgan fingerprint density at radius 1 is 1.32 bits per heavy atom. The average Bonchev–Trinajstić information content (AvgIpc) is 2.46. The summed E-state index contributed by atoms with van der Waals surface area (Å²) in [6.07, 6.45) is -2.72. The maximum Gasteiger partial charge on any atom is 0.435 e. The fourth-order valence-corrected chi connectivity index (χ4v) is 3.09. The summed E-state index contributed by atoms with van der Waals surface area (Å²) in [5, 5.41) is 7.04. The quantitative estimate of drug-likeness (QED) is 0.795. The summed E-state index contributed by atoms with van der Waals surface area (Å²) in [6.45, 7) is 4.29. The van der Waals surface area contributed by atoms with E-state index < -0.39 is 17.5 Å². The largest absolute Gasteiger partial charge is 0.435 e. The van der Waals surface area contributed by atoms with Crippen molar-refractivity contribution < 1.29 is 22.6 Å². The molecule has 122 valence electrons. The molecule has 22 heavy (non-hydrogen) atoms. The highest BCUT2D eigenvalue weighted by Crippen LogP contribution is 2.32. The maximum atomic E-state index is 12.6. The molecule has 0 N–H and O–H groups in total. The predicted octanol–water partition coefficient (Wildman–Crippen LogP) is 2.27. The minimum Gasteiger partial charge on any atom is -0.378 e. The standard InChI is InChI=1S/C14H18F3N3O2/c1-10-7-20(8-13(22-10)5-2-6-21-9-13)12-4-3-11(18-19-12)14(15,16)17/h3-4,10H,2,5-9H2,1H3. The summed E-state index contributed by atoms with van der Waals surface area (Å²) in [4.78, 5) is 1.93.